The van der Waals surface area contributed by atoms with E-state index in [-0.39, 0.29) is 0 Å². The maximum Gasteiger partial charge on any atom is 0.316 e. The molecule has 0 aliphatic rings. The van der Waals surface area contributed by atoms with Crippen molar-refractivity contribution in [3.63, 3.8) is 0 Å². The van der Waals surface area contributed by atoms with Crippen LogP contribution in [0.1, 0.15) is 9.88 Å². The van der Waals surface area contributed by atoms with Gasteiger partial charge in [-0.25, -0.2) is 9.78 Å². The van der Waals surface area contributed by atoms with Crippen LogP contribution < -0.4 is 16.4 Å². The molecule has 0 aliphatic heterocycles. The number of amides is 2. The number of rotatable bonds is 4. The Bertz CT molecular complexity index is 535. The fraction of sp³-hybridized carbons (Fsp3) is 0.167. The molecular weight excluding hydrogens is 248 g/mol. The Morgan fingerprint density at radius 3 is 2.56 bits per heavy atom. The highest BCUT2D eigenvalue weighted by Gasteiger charge is 1.99. The molecule has 0 saturated heterocycles. The Balaban J connectivity index is 1.92. The van der Waals surface area contributed by atoms with E-state index in [9.17, 15) is 4.79 Å². The smallest absolute Gasteiger partial charge is 0.316 e. The summed E-state index contributed by atoms with van der Waals surface area (Å²) in [5, 5.41) is 6.86. The molecule has 0 radical (unpaired) electrons. The molecule has 2 aromatic rings. The first-order chi connectivity index (χ1) is 8.63. The third-order valence-corrected chi connectivity index (χ3v) is 3.20. The van der Waals surface area contributed by atoms with Gasteiger partial charge in [0.2, 0.25) is 0 Å². The number of hydrogen-bond donors (Lipinski definition) is 3. The summed E-state index contributed by atoms with van der Waals surface area (Å²) in [6.45, 7) is 2.73. The van der Waals surface area contributed by atoms with Crippen LogP contribution in [0.15, 0.2) is 30.5 Å². The van der Waals surface area contributed by atoms with Gasteiger partial charge in [0, 0.05) is 22.4 Å². The van der Waals surface area contributed by atoms with Crippen molar-refractivity contribution in [2.75, 3.05) is 10.6 Å². The molecule has 4 N–H and O–H groups in total. The number of nitrogens with one attached hydrogen (secondary N) is 2. The number of thiazole rings is 1. The Kier molecular flexibility index (Phi) is 3.78. The van der Waals surface area contributed by atoms with Gasteiger partial charge in [0.1, 0.15) is 0 Å². The molecule has 1 aromatic heterocycles. The maximum atomic E-state index is 10.7. The average Bonchev–Trinajstić information content (AvgIpc) is 2.74. The van der Waals surface area contributed by atoms with Gasteiger partial charge >= 0.3 is 6.03 Å². The molecule has 0 bridgehead atoms. The van der Waals surface area contributed by atoms with Crippen molar-refractivity contribution < 1.29 is 4.79 Å². The number of nitrogens with zero attached hydrogens (tertiary/aromatic N) is 1. The molecule has 1 heterocycles. The zero-order chi connectivity index (χ0) is 13.0. The summed E-state index contributed by atoms with van der Waals surface area (Å²) in [6.07, 6.45) is 1.87. The molecule has 2 rings (SSSR count). The lowest BCUT2D eigenvalue weighted by Crippen LogP contribution is -2.19. The fourth-order valence-corrected chi connectivity index (χ4v) is 2.22. The van der Waals surface area contributed by atoms with Gasteiger partial charge in [0.05, 0.1) is 11.6 Å². The number of aryl methyl sites for hydroxylation is 1. The van der Waals surface area contributed by atoms with E-state index in [1.807, 2.05) is 25.3 Å². The van der Waals surface area contributed by atoms with Crippen LogP contribution in [0.2, 0.25) is 0 Å². The van der Waals surface area contributed by atoms with Gasteiger partial charge in [-0.05, 0) is 31.2 Å². The van der Waals surface area contributed by atoms with Crippen LogP contribution in [0.5, 0.6) is 0 Å². The molecular formula is C12H14N4OS. The predicted octanol–water partition coefficient (Wildman–Crippen LogP) is 2.55. The summed E-state index contributed by atoms with van der Waals surface area (Å²) in [6, 6.07) is 6.81. The third kappa shape index (κ3) is 3.46. The second-order valence-corrected chi connectivity index (χ2v) is 5.09. The van der Waals surface area contributed by atoms with Crippen LogP contribution in [-0.2, 0) is 6.54 Å². The monoisotopic (exact) mass is 262 g/mol. The van der Waals surface area contributed by atoms with E-state index in [1.54, 1.807) is 23.5 Å². The van der Waals surface area contributed by atoms with Crippen molar-refractivity contribution in [1.29, 1.82) is 0 Å². The molecule has 0 aliphatic carbocycles. The lowest BCUT2D eigenvalue weighted by molar-refractivity contribution is 0.259. The summed E-state index contributed by atoms with van der Waals surface area (Å²) in [5.74, 6) is 0. The number of urea groups is 1. The average molecular weight is 262 g/mol. The van der Waals surface area contributed by atoms with Gasteiger partial charge in [0.15, 0.2) is 0 Å². The molecule has 6 heteroatoms. The van der Waals surface area contributed by atoms with Crippen LogP contribution >= 0.6 is 11.3 Å². The normalized spacial score (nSPS) is 10.1. The van der Waals surface area contributed by atoms with Crippen molar-refractivity contribution in [3.05, 3.63) is 40.3 Å². The van der Waals surface area contributed by atoms with Gasteiger partial charge in [-0.1, -0.05) is 0 Å². The van der Waals surface area contributed by atoms with E-state index in [2.05, 4.69) is 15.6 Å². The summed E-state index contributed by atoms with van der Waals surface area (Å²) in [7, 11) is 0. The van der Waals surface area contributed by atoms with Crippen molar-refractivity contribution in [1.82, 2.24) is 4.98 Å². The Morgan fingerprint density at radius 2 is 2.00 bits per heavy atom. The number of carbonyl (C=O) groups is 1. The molecule has 0 spiro atoms. The van der Waals surface area contributed by atoms with Gasteiger partial charge in [-0.15, -0.1) is 11.3 Å². The Labute approximate surface area is 109 Å². The zero-order valence-electron chi connectivity index (χ0n) is 9.93. The first-order valence-corrected chi connectivity index (χ1v) is 6.27. The second-order valence-electron chi connectivity index (χ2n) is 3.77. The van der Waals surface area contributed by atoms with E-state index in [0.717, 1.165) is 17.2 Å². The summed E-state index contributed by atoms with van der Waals surface area (Å²) >= 11 is 1.67. The van der Waals surface area contributed by atoms with Crippen LogP contribution in [0, 0.1) is 6.92 Å². The first kappa shape index (κ1) is 12.4. The molecule has 2 amide bonds. The number of hydrogen-bond acceptors (Lipinski definition) is 4. The number of benzene rings is 1. The minimum absolute atomic E-state index is 0.559. The summed E-state index contributed by atoms with van der Waals surface area (Å²) < 4.78 is 0. The second kappa shape index (κ2) is 5.50. The zero-order valence-corrected chi connectivity index (χ0v) is 10.8. The quantitative estimate of drug-likeness (QED) is 0.792. The number of aromatic nitrogens is 1. The van der Waals surface area contributed by atoms with E-state index in [1.165, 1.54) is 4.88 Å². The van der Waals surface area contributed by atoms with Crippen LogP contribution in [0.4, 0.5) is 16.2 Å². The highest BCUT2D eigenvalue weighted by atomic mass is 32.1. The van der Waals surface area contributed by atoms with Gasteiger partial charge in [0.25, 0.3) is 0 Å². The number of primary amides is 1. The summed E-state index contributed by atoms with van der Waals surface area (Å²) in [4.78, 5) is 16.0. The molecule has 94 valence electrons. The minimum Gasteiger partial charge on any atom is -0.380 e. The van der Waals surface area contributed by atoms with Crippen LogP contribution in [0.25, 0.3) is 0 Å². The van der Waals surface area contributed by atoms with Gasteiger partial charge < -0.3 is 16.4 Å². The molecule has 5 nitrogen and oxygen atoms in total. The largest absolute Gasteiger partial charge is 0.380 e. The van der Waals surface area contributed by atoms with E-state index in [4.69, 9.17) is 5.73 Å². The molecule has 18 heavy (non-hydrogen) atoms. The third-order valence-electron chi connectivity index (χ3n) is 2.29. The fourth-order valence-electron chi connectivity index (χ4n) is 1.49. The number of nitrogens with two attached hydrogens (primary N) is 1. The van der Waals surface area contributed by atoms with Crippen molar-refractivity contribution in [2.24, 2.45) is 5.73 Å². The van der Waals surface area contributed by atoms with Gasteiger partial charge in [-0.2, -0.15) is 0 Å². The molecule has 0 atom stereocenters. The van der Waals surface area contributed by atoms with Crippen LogP contribution in [0.3, 0.4) is 0 Å². The standard InChI is InChI=1S/C12H14N4OS/c1-8-14-6-11(18-8)7-15-9-2-4-10(5-3-9)16-12(13)17/h2-6,15H,7H2,1H3,(H3,13,16,17). The lowest BCUT2D eigenvalue weighted by Gasteiger charge is -2.06. The van der Waals surface area contributed by atoms with Gasteiger partial charge in [-0.3, -0.25) is 0 Å². The molecule has 0 fully saturated rings. The summed E-state index contributed by atoms with van der Waals surface area (Å²) in [5.41, 5.74) is 6.69. The predicted molar refractivity (Wildman–Crippen MR) is 73.8 cm³/mol. The minimum atomic E-state index is -0.559. The van der Waals surface area contributed by atoms with E-state index < -0.39 is 6.03 Å². The van der Waals surface area contributed by atoms with Crippen molar-refractivity contribution >= 4 is 28.7 Å². The lowest BCUT2D eigenvalue weighted by atomic mass is 10.3. The number of anilines is 2. The Hall–Kier alpha value is -2.08. The van der Waals surface area contributed by atoms with Crippen molar-refractivity contribution in [3.8, 4) is 0 Å². The highest BCUT2D eigenvalue weighted by Crippen LogP contribution is 2.16. The highest BCUT2D eigenvalue weighted by molar-refractivity contribution is 7.11. The SMILES string of the molecule is Cc1ncc(CNc2ccc(NC(N)=O)cc2)s1. The first-order valence-electron chi connectivity index (χ1n) is 5.45. The maximum absolute atomic E-state index is 10.7. The Morgan fingerprint density at radius 1 is 1.33 bits per heavy atom. The topological polar surface area (TPSA) is 80.0 Å². The van der Waals surface area contributed by atoms with E-state index >= 15 is 0 Å². The molecule has 0 unspecified atom stereocenters. The number of carbonyl (C=O) groups excluding carboxylic acids is 1. The molecule has 1 aromatic carbocycles. The van der Waals surface area contributed by atoms with Crippen LogP contribution in [-0.4, -0.2) is 11.0 Å². The van der Waals surface area contributed by atoms with Crippen molar-refractivity contribution in [2.45, 2.75) is 13.5 Å². The molecule has 0 saturated carbocycles. The van der Waals surface area contributed by atoms with E-state index in [0.29, 0.717) is 5.69 Å².